The van der Waals surface area contributed by atoms with Crippen LogP contribution in [0.2, 0.25) is 0 Å². The molecule has 0 N–H and O–H groups in total. The van der Waals surface area contributed by atoms with Crippen LogP contribution in [0, 0.1) is 29.6 Å². The summed E-state index contributed by atoms with van der Waals surface area (Å²) >= 11 is 0. The lowest BCUT2D eigenvalue weighted by atomic mass is 9.51. The minimum absolute atomic E-state index is 0.109. The van der Waals surface area contributed by atoms with Gasteiger partial charge < -0.3 is 9.47 Å². The maximum atomic E-state index is 6.38. The van der Waals surface area contributed by atoms with E-state index in [0.29, 0.717) is 5.92 Å². The van der Waals surface area contributed by atoms with E-state index in [0.717, 1.165) is 41.8 Å². The molecule has 150 valence electrons. The van der Waals surface area contributed by atoms with Gasteiger partial charge in [-0.05, 0) is 106 Å². The van der Waals surface area contributed by atoms with Crippen molar-refractivity contribution in [2.24, 2.45) is 29.6 Å². The first-order valence-electron chi connectivity index (χ1n) is 11.4. The summed E-state index contributed by atoms with van der Waals surface area (Å²) in [4.78, 5) is 0. The van der Waals surface area contributed by atoms with Crippen molar-refractivity contribution in [3.63, 3.8) is 0 Å². The van der Waals surface area contributed by atoms with E-state index in [1.165, 1.54) is 44.1 Å². The fraction of sp³-hybridized carbons (Fsp3) is 0.760. The molecule has 0 heterocycles. The van der Waals surface area contributed by atoms with Gasteiger partial charge in [0, 0.05) is 6.42 Å². The second kappa shape index (κ2) is 8.15. The third-order valence-corrected chi connectivity index (χ3v) is 7.64. The Hall–Kier alpha value is -1.02. The highest BCUT2D eigenvalue weighted by molar-refractivity contribution is 5.29. The Bertz CT molecular complexity index is 577. The lowest BCUT2D eigenvalue weighted by molar-refractivity contribution is -0.143. The van der Waals surface area contributed by atoms with Crippen molar-refractivity contribution in [3.8, 4) is 5.75 Å². The highest BCUT2D eigenvalue weighted by atomic mass is 16.7. The Kier molecular flexibility index (Phi) is 5.83. The van der Waals surface area contributed by atoms with Gasteiger partial charge in [0.25, 0.3) is 0 Å². The van der Waals surface area contributed by atoms with E-state index < -0.39 is 0 Å². The molecule has 27 heavy (non-hydrogen) atoms. The maximum Gasteiger partial charge on any atom is 0.200 e. The Labute approximate surface area is 166 Å². The second-order valence-electron chi connectivity index (χ2n) is 9.94. The van der Waals surface area contributed by atoms with Gasteiger partial charge in [-0.1, -0.05) is 26.0 Å². The zero-order valence-electron chi connectivity index (χ0n) is 17.7. The van der Waals surface area contributed by atoms with Crippen molar-refractivity contribution in [2.75, 3.05) is 0 Å². The number of benzene rings is 1. The molecule has 4 bridgehead atoms. The Balaban J connectivity index is 1.42. The molecule has 5 rings (SSSR count). The van der Waals surface area contributed by atoms with Crippen LogP contribution in [0.1, 0.15) is 84.1 Å². The SMILES string of the molecule is CCC(C)c1ccc(OC(CC2C3CC4CC(C3)CC2C4)OC(C)C)cc1. The van der Waals surface area contributed by atoms with Crippen LogP contribution < -0.4 is 4.74 Å². The predicted molar refractivity (Wildman–Crippen MR) is 111 cm³/mol. The first-order valence-corrected chi connectivity index (χ1v) is 11.4. The van der Waals surface area contributed by atoms with Gasteiger partial charge in [-0.3, -0.25) is 0 Å². The number of hydrogen-bond acceptors (Lipinski definition) is 2. The van der Waals surface area contributed by atoms with Crippen molar-refractivity contribution in [1.29, 1.82) is 0 Å². The molecule has 0 radical (unpaired) electrons. The number of ether oxygens (including phenoxy) is 2. The molecule has 0 spiro atoms. The first-order chi connectivity index (χ1) is 13.0. The molecule has 2 nitrogen and oxygen atoms in total. The zero-order chi connectivity index (χ0) is 19.0. The maximum absolute atomic E-state index is 6.38. The molecule has 4 aliphatic rings. The molecule has 1 aromatic carbocycles. The fourth-order valence-corrected chi connectivity index (χ4v) is 6.34. The van der Waals surface area contributed by atoms with Crippen LogP contribution in [0.15, 0.2) is 24.3 Å². The molecule has 4 fully saturated rings. The third kappa shape index (κ3) is 4.36. The lowest BCUT2D eigenvalue weighted by Crippen LogP contribution is -2.46. The molecule has 2 unspecified atom stereocenters. The molecule has 4 saturated carbocycles. The molecule has 2 heteroatoms. The standard InChI is InChI=1S/C25H38O2/c1-5-17(4)20-6-8-23(9-7-20)27-25(26-16(2)3)15-24-21-11-18-10-19(13-21)14-22(24)12-18/h6-9,16-19,21-22,24-25H,5,10-15H2,1-4H3. The van der Waals surface area contributed by atoms with Gasteiger partial charge in [0.1, 0.15) is 5.75 Å². The summed E-state index contributed by atoms with van der Waals surface area (Å²) in [6.07, 6.45) is 9.72. The van der Waals surface area contributed by atoms with Crippen LogP contribution in [0.4, 0.5) is 0 Å². The molecule has 0 amide bonds. The summed E-state index contributed by atoms with van der Waals surface area (Å²) in [5.74, 6) is 6.28. The average molecular weight is 371 g/mol. The van der Waals surface area contributed by atoms with Gasteiger partial charge in [0.15, 0.2) is 6.29 Å². The monoisotopic (exact) mass is 370 g/mol. The van der Waals surface area contributed by atoms with E-state index in [4.69, 9.17) is 9.47 Å². The molecule has 0 aliphatic heterocycles. The van der Waals surface area contributed by atoms with Gasteiger partial charge in [-0.15, -0.1) is 0 Å². The van der Waals surface area contributed by atoms with Crippen molar-refractivity contribution in [2.45, 2.75) is 91.0 Å². The summed E-state index contributed by atoms with van der Waals surface area (Å²) in [6, 6.07) is 8.71. The van der Waals surface area contributed by atoms with E-state index in [1.54, 1.807) is 0 Å². The van der Waals surface area contributed by atoms with Gasteiger partial charge in [-0.25, -0.2) is 0 Å². The summed E-state index contributed by atoms with van der Waals surface area (Å²) < 4.78 is 12.6. The van der Waals surface area contributed by atoms with Crippen LogP contribution in [-0.4, -0.2) is 12.4 Å². The van der Waals surface area contributed by atoms with Crippen LogP contribution in [0.3, 0.4) is 0 Å². The highest BCUT2D eigenvalue weighted by Gasteiger charge is 2.48. The van der Waals surface area contributed by atoms with Crippen LogP contribution in [-0.2, 0) is 4.74 Å². The smallest absolute Gasteiger partial charge is 0.200 e. The fourth-order valence-electron chi connectivity index (χ4n) is 6.34. The summed E-state index contributed by atoms with van der Waals surface area (Å²) in [7, 11) is 0. The van der Waals surface area contributed by atoms with Crippen LogP contribution in [0.25, 0.3) is 0 Å². The minimum Gasteiger partial charge on any atom is -0.465 e. The van der Waals surface area contributed by atoms with Crippen molar-refractivity contribution in [3.05, 3.63) is 29.8 Å². The molecule has 0 aromatic heterocycles. The van der Waals surface area contributed by atoms with E-state index in [2.05, 4.69) is 52.0 Å². The van der Waals surface area contributed by atoms with Crippen molar-refractivity contribution in [1.82, 2.24) is 0 Å². The Morgan fingerprint density at radius 3 is 2.00 bits per heavy atom. The normalized spacial score (nSPS) is 34.0. The van der Waals surface area contributed by atoms with E-state index in [-0.39, 0.29) is 12.4 Å². The van der Waals surface area contributed by atoms with Crippen molar-refractivity contribution < 1.29 is 9.47 Å². The van der Waals surface area contributed by atoms with Gasteiger partial charge >= 0.3 is 0 Å². The average Bonchev–Trinajstić information content (AvgIpc) is 2.63. The zero-order valence-corrected chi connectivity index (χ0v) is 17.7. The third-order valence-electron chi connectivity index (χ3n) is 7.64. The molecular weight excluding hydrogens is 332 g/mol. The Morgan fingerprint density at radius 2 is 1.48 bits per heavy atom. The Morgan fingerprint density at radius 1 is 0.889 bits per heavy atom. The molecule has 0 saturated heterocycles. The largest absolute Gasteiger partial charge is 0.465 e. The van der Waals surface area contributed by atoms with E-state index in [9.17, 15) is 0 Å². The predicted octanol–water partition coefficient (Wildman–Crippen LogP) is 6.79. The van der Waals surface area contributed by atoms with E-state index in [1.807, 2.05) is 0 Å². The van der Waals surface area contributed by atoms with Crippen molar-refractivity contribution >= 4 is 0 Å². The van der Waals surface area contributed by atoms with E-state index >= 15 is 0 Å². The number of rotatable bonds is 8. The topological polar surface area (TPSA) is 18.5 Å². The summed E-state index contributed by atoms with van der Waals surface area (Å²) in [5, 5.41) is 0. The molecule has 4 aliphatic carbocycles. The quantitative estimate of drug-likeness (QED) is 0.469. The molecular formula is C25H38O2. The van der Waals surface area contributed by atoms with Crippen LogP contribution >= 0.6 is 0 Å². The lowest BCUT2D eigenvalue weighted by Gasteiger charge is -2.55. The van der Waals surface area contributed by atoms with Gasteiger partial charge in [0.2, 0.25) is 0 Å². The van der Waals surface area contributed by atoms with Gasteiger partial charge in [0.05, 0.1) is 6.10 Å². The second-order valence-corrected chi connectivity index (χ2v) is 9.94. The summed E-state index contributed by atoms with van der Waals surface area (Å²) in [6.45, 7) is 8.78. The van der Waals surface area contributed by atoms with Gasteiger partial charge in [-0.2, -0.15) is 0 Å². The number of hydrogen-bond donors (Lipinski definition) is 0. The van der Waals surface area contributed by atoms with Crippen LogP contribution in [0.5, 0.6) is 5.75 Å². The minimum atomic E-state index is -0.109. The molecule has 2 atom stereocenters. The first kappa shape index (κ1) is 19.3. The molecule has 1 aromatic rings. The summed E-state index contributed by atoms with van der Waals surface area (Å²) in [5.41, 5.74) is 1.40. The highest BCUT2D eigenvalue weighted by Crippen LogP contribution is 2.57.